The van der Waals surface area contributed by atoms with Crippen LogP contribution < -0.4 is 0 Å². The highest BCUT2D eigenvalue weighted by Gasteiger charge is 2.70. The van der Waals surface area contributed by atoms with Gasteiger partial charge in [0, 0.05) is 18.1 Å². The molecule has 36 heavy (non-hydrogen) atoms. The zero-order valence-electron chi connectivity index (χ0n) is 21.2. The van der Waals surface area contributed by atoms with Gasteiger partial charge in [-0.1, -0.05) is 32.9 Å². The van der Waals surface area contributed by atoms with Crippen molar-refractivity contribution in [1.29, 1.82) is 0 Å². The number of ketones is 1. The molecular formula is C29H32O7. The van der Waals surface area contributed by atoms with E-state index in [1.807, 2.05) is 13.8 Å². The molecule has 3 aliphatic rings. The van der Waals surface area contributed by atoms with Crippen LogP contribution in [0.3, 0.4) is 0 Å². The Kier molecular flexibility index (Phi) is 5.94. The number of allylic oxidation sites excluding steroid dienone is 2. The van der Waals surface area contributed by atoms with Gasteiger partial charge in [0.05, 0.1) is 30.6 Å². The van der Waals surface area contributed by atoms with Gasteiger partial charge in [-0.15, -0.1) is 0 Å². The number of fused-ring (bicyclic) bond motifs is 3. The Balaban J connectivity index is 1.46. The minimum Gasteiger partial charge on any atom is -0.472 e. The summed E-state index contributed by atoms with van der Waals surface area (Å²) in [4.78, 5) is 40.4. The Labute approximate surface area is 210 Å². The molecule has 7 nitrogen and oxygen atoms in total. The first-order valence-electron chi connectivity index (χ1n) is 12.4. The lowest BCUT2D eigenvalue weighted by Gasteiger charge is -2.64. The van der Waals surface area contributed by atoms with Gasteiger partial charge in [0.15, 0.2) is 5.76 Å². The maximum atomic E-state index is 14.2. The number of hydrogen-bond donors (Lipinski definition) is 0. The number of esters is 2. The molecular weight excluding hydrogens is 460 g/mol. The Morgan fingerprint density at radius 1 is 1.11 bits per heavy atom. The second-order valence-corrected chi connectivity index (χ2v) is 11.0. The second-order valence-electron chi connectivity index (χ2n) is 11.0. The van der Waals surface area contributed by atoms with Crippen LogP contribution in [-0.4, -0.2) is 24.8 Å². The summed E-state index contributed by atoms with van der Waals surface area (Å²) in [6.07, 6.45) is 6.83. The van der Waals surface area contributed by atoms with Crippen molar-refractivity contribution in [1.82, 2.24) is 0 Å². The summed E-state index contributed by atoms with van der Waals surface area (Å²) in [5, 5.41) is 0. The molecule has 5 rings (SSSR count). The van der Waals surface area contributed by atoms with Crippen LogP contribution in [-0.2, 0) is 30.4 Å². The van der Waals surface area contributed by atoms with E-state index in [1.165, 1.54) is 0 Å². The van der Waals surface area contributed by atoms with Crippen LogP contribution in [0, 0.1) is 22.2 Å². The molecule has 0 N–H and O–H groups in total. The fourth-order valence-corrected chi connectivity index (χ4v) is 6.73. The van der Waals surface area contributed by atoms with Gasteiger partial charge in [-0.25, -0.2) is 4.79 Å². The molecule has 0 spiro atoms. The number of Topliss-reactive ketones (excluding diaryl/α,β-unsaturated/α-hetero) is 1. The number of carbonyl (C=O) groups excluding carboxylic acids is 3. The Morgan fingerprint density at radius 2 is 1.86 bits per heavy atom. The molecule has 0 radical (unpaired) electrons. The van der Waals surface area contributed by atoms with Crippen molar-refractivity contribution in [3.8, 4) is 0 Å². The number of carbonyl (C=O) groups is 3. The second kappa shape index (κ2) is 8.73. The van der Waals surface area contributed by atoms with Crippen LogP contribution >= 0.6 is 0 Å². The zero-order chi connectivity index (χ0) is 25.7. The minimum absolute atomic E-state index is 0.0571. The van der Waals surface area contributed by atoms with Crippen LogP contribution in [0.2, 0.25) is 0 Å². The lowest BCUT2D eigenvalue weighted by atomic mass is 9.39. The number of methoxy groups -OCH3 is 1. The Bertz CT molecular complexity index is 1210. The summed E-state index contributed by atoms with van der Waals surface area (Å²) in [5.41, 5.74) is 0.0603. The highest BCUT2D eigenvalue weighted by molar-refractivity contribution is 6.04. The van der Waals surface area contributed by atoms with E-state index in [0.29, 0.717) is 37.9 Å². The van der Waals surface area contributed by atoms with E-state index >= 15 is 0 Å². The molecule has 1 saturated heterocycles. The fourth-order valence-electron chi connectivity index (χ4n) is 6.73. The highest BCUT2D eigenvalue weighted by Crippen LogP contribution is 2.69. The third kappa shape index (κ3) is 3.55. The van der Waals surface area contributed by atoms with Gasteiger partial charge in [0.2, 0.25) is 5.78 Å². The van der Waals surface area contributed by atoms with Gasteiger partial charge < -0.3 is 18.6 Å². The SMILES string of the molecule is COCc1ccc(C(=O)OC2=CC[C@]3(C)CC[C@H]4C(=O)O[C@H](c5ccoc5)C[C@]4(C)[C@@]3(C)C2=O)cc1. The maximum absolute atomic E-state index is 14.2. The smallest absolute Gasteiger partial charge is 0.343 e. The number of hydrogen-bond acceptors (Lipinski definition) is 7. The Hall–Kier alpha value is -3.19. The van der Waals surface area contributed by atoms with Gasteiger partial charge in [-0.05, 0) is 66.4 Å². The average molecular weight is 493 g/mol. The molecule has 7 heteroatoms. The standard InChI is InChI=1S/C29H32O7/c1-27-12-9-21-26(32)36-23(20-11-14-34-17-20)15-28(21,2)29(27,3)24(30)22(10-13-27)35-25(31)19-7-5-18(6-8-19)16-33-4/h5-8,10-11,14,17,21,23H,9,12-13,15-16H2,1-4H3/t21-,23-,27-,28-,29-/m0/s1. The summed E-state index contributed by atoms with van der Waals surface area (Å²) in [6, 6.07) is 8.72. The number of ether oxygens (including phenoxy) is 3. The van der Waals surface area contributed by atoms with Crippen molar-refractivity contribution in [2.24, 2.45) is 22.2 Å². The van der Waals surface area contributed by atoms with E-state index in [9.17, 15) is 14.4 Å². The number of rotatable bonds is 5. The highest BCUT2D eigenvalue weighted by atomic mass is 16.5. The van der Waals surface area contributed by atoms with Gasteiger partial charge in [0.25, 0.3) is 0 Å². The largest absolute Gasteiger partial charge is 0.472 e. The van der Waals surface area contributed by atoms with Crippen molar-refractivity contribution >= 4 is 17.7 Å². The molecule has 0 unspecified atom stereocenters. The van der Waals surface area contributed by atoms with Gasteiger partial charge >= 0.3 is 11.9 Å². The molecule has 0 amide bonds. The Morgan fingerprint density at radius 3 is 2.53 bits per heavy atom. The van der Waals surface area contributed by atoms with Crippen LogP contribution in [0.15, 0.2) is 59.1 Å². The molecule has 0 bridgehead atoms. The third-order valence-corrected chi connectivity index (χ3v) is 9.29. The van der Waals surface area contributed by atoms with Crippen LogP contribution in [0.25, 0.3) is 0 Å². The van der Waals surface area contributed by atoms with Crippen molar-refractivity contribution in [3.63, 3.8) is 0 Å². The maximum Gasteiger partial charge on any atom is 0.343 e. The van der Waals surface area contributed by atoms with E-state index in [4.69, 9.17) is 18.6 Å². The monoisotopic (exact) mass is 492 g/mol. The average Bonchev–Trinajstić information content (AvgIpc) is 3.39. The summed E-state index contributed by atoms with van der Waals surface area (Å²) < 4.78 is 21.9. The van der Waals surface area contributed by atoms with Crippen molar-refractivity contribution in [3.05, 3.63) is 71.4 Å². The van der Waals surface area contributed by atoms with E-state index in [1.54, 1.807) is 56.0 Å². The zero-order valence-corrected chi connectivity index (χ0v) is 21.2. The molecule has 5 atom stereocenters. The van der Waals surface area contributed by atoms with Gasteiger partial charge in [-0.3, -0.25) is 9.59 Å². The van der Waals surface area contributed by atoms with Crippen molar-refractivity contribution in [2.45, 2.75) is 59.2 Å². The molecule has 2 heterocycles. The molecule has 1 aromatic carbocycles. The number of benzene rings is 1. The minimum atomic E-state index is -0.934. The van der Waals surface area contributed by atoms with Crippen LogP contribution in [0.1, 0.15) is 74.0 Å². The first kappa shape index (κ1) is 24.5. The molecule has 2 aromatic rings. The summed E-state index contributed by atoms with van der Waals surface area (Å²) >= 11 is 0. The normalized spacial score (nSPS) is 33.7. The predicted molar refractivity (Wildman–Crippen MR) is 129 cm³/mol. The number of furan rings is 1. The molecule has 190 valence electrons. The van der Waals surface area contributed by atoms with Crippen LogP contribution in [0.5, 0.6) is 0 Å². The molecule has 1 aromatic heterocycles. The third-order valence-electron chi connectivity index (χ3n) is 9.29. The van der Waals surface area contributed by atoms with E-state index in [-0.39, 0.29) is 22.9 Å². The fraction of sp³-hybridized carbons (Fsp3) is 0.483. The molecule has 1 saturated carbocycles. The van der Waals surface area contributed by atoms with Gasteiger partial charge in [0.1, 0.15) is 6.10 Å². The lowest BCUT2D eigenvalue weighted by molar-refractivity contribution is -0.212. The summed E-state index contributed by atoms with van der Waals surface area (Å²) in [7, 11) is 1.61. The number of cyclic esters (lactones) is 1. The molecule has 1 aliphatic heterocycles. The van der Waals surface area contributed by atoms with E-state index in [2.05, 4.69) is 6.92 Å². The van der Waals surface area contributed by atoms with Crippen LogP contribution in [0.4, 0.5) is 0 Å². The van der Waals surface area contributed by atoms with Crippen molar-refractivity contribution in [2.75, 3.05) is 7.11 Å². The molecule has 2 aliphatic carbocycles. The lowest BCUT2D eigenvalue weighted by Crippen LogP contribution is -2.65. The first-order valence-corrected chi connectivity index (χ1v) is 12.4. The summed E-state index contributed by atoms with van der Waals surface area (Å²) in [6.45, 7) is 6.54. The quantitative estimate of drug-likeness (QED) is 0.505. The predicted octanol–water partition coefficient (Wildman–Crippen LogP) is 5.56. The van der Waals surface area contributed by atoms with E-state index in [0.717, 1.165) is 11.1 Å². The van der Waals surface area contributed by atoms with Crippen molar-refractivity contribution < 1.29 is 33.0 Å². The van der Waals surface area contributed by atoms with Gasteiger partial charge in [-0.2, -0.15) is 0 Å². The topological polar surface area (TPSA) is 92.0 Å². The first-order chi connectivity index (χ1) is 17.1. The van der Waals surface area contributed by atoms with E-state index < -0.39 is 28.8 Å². The summed E-state index contributed by atoms with van der Waals surface area (Å²) in [5.74, 6) is -1.45. The molecule has 2 fully saturated rings.